The summed E-state index contributed by atoms with van der Waals surface area (Å²) >= 11 is 1.61. The van der Waals surface area contributed by atoms with Crippen LogP contribution in [0.5, 0.6) is 0 Å². The number of anilines is 1. The van der Waals surface area contributed by atoms with Crippen molar-refractivity contribution in [2.45, 2.75) is 38.3 Å². The minimum Gasteiger partial charge on any atom is -0.434 e. The lowest BCUT2D eigenvalue weighted by Gasteiger charge is -2.16. The molecule has 1 aliphatic carbocycles. The normalized spacial score (nSPS) is 17.6. The third kappa shape index (κ3) is 3.64. The maximum atomic E-state index is 13.0. The molecule has 28 heavy (non-hydrogen) atoms. The molecule has 7 heteroatoms. The number of cyclic esters (lactones) is 1. The molecule has 0 saturated heterocycles. The van der Waals surface area contributed by atoms with Gasteiger partial charge in [0.2, 0.25) is 6.23 Å². The molecule has 1 aromatic carbocycles. The molecule has 1 atom stereocenters. The molecule has 2 aliphatic rings. The van der Waals surface area contributed by atoms with Gasteiger partial charge in [0, 0.05) is 30.7 Å². The minimum absolute atomic E-state index is 0.0735. The van der Waals surface area contributed by atoms with E-state index in [0.717, 1.165) is 48.2 Å². The second-order valence-corrected chi connectivity index (χ2v) is 8.14. The first-order valence-corrected chi connectivity index (χ1v) is 10.5. The molecule has 2 N–H and O–H groups in total. The molecule has 0 bridgehead atoms. The smallest absolute Gasteiger partial charge is 0.340 e. The maximum absolute atomic E-state index is 13.0. The highest BCUT2D eigenvalue weighted by Crippen LogP contribution is 2.41. The zero-order chi connectivity index (χ0) is 19.5. The van der Waals surface area contributed by atoms with Crippen LogP contribution in [-0.2, 0) is 22.3 Å². The monoisotopic (exact) mass is 400 g/mol. The van der Waals surface area contributed by atoms with E-state index in [1.165, 1.54) is 4.88 Å². The number of carbonyl (C=O) groups excluding carboxylic acids is 2. The Balaban J connectivity index is 1.59. The Morgan fingerprint density at radius 1 is 1.29 bits per heavy atom. The summed E-state index contributed by atoms with van der Waals surface area (Å²) in [5.41, 5.74) is 3.23. The van der Waals surface area contributed by atoms with E-state index in [0.29, 0.717) is 24.3 Å². The Morgan fingerprint density at radius 2 is 2.11 bits per heavy atom. The van der Waals surface area contributed by atoms with Gasteiger partial charge in [0.1, 0.15) is 5.00 Å². The molecule has 2 heterocycles. The number of rotatable bonds is 7. The number of amides is 1. The number of fused-ring (bicyclic) bond motifs is 2. The summed E-state index contributed by atoms with van der Waals surface area (Å²) in [6, 6.07) is 7.36. The predicted octanol–water partition coefficient (Wildman–Crippen LogP) is 3.67. The Bertz CT molecular complexity index is 893. The number of hydrogen-bond donors (Lipinski definition) is 2. The maximum Gasteiger partial charge on any atom is 0.340 e. The van der Waals surface area contributed by atoms with E-state index in [1.54, 1.807) is 24.5 Å². The van der Waals surface area contributed by atoms with Gasteiger partial charge in [-0.25, -0.2) is 4.79 Å². The van der Waals surface area contributed by atoms with E-state index in [1.807, 2.05) is 18.2 Å². The van der Waals surface area contributed by atoms with Gasteiger partial charge in [-0.3, -0.25) is 4.79 Å². The van der Waals surface area contributed by atoms with Crippen LogP contribution in [0.3, 0.4) is 0 Å². The molecule has 2 aromatic rings. The minimum atomic E-state index is -0.566. The molecule has 4 rings (SSSR count). The van der Waals surface area contributed by atoms with Gasteiger partial charge < -0.3 is 20.1 Å². The Hall–Kier alpha value is -2.38. The third-order valence-electron chi connectivity index (χ3n) is 5.16. The molecule has 6 nitrogen and oxygen atoms in total. The Labute approximate surface area is 168 Å². The van der Waals surface area contributed by atoms with Crippen molar-refractivity contribution < 1.29 is 19.1 Å². The van der Waals surface area contributed by atoms with Gasteiger partial charge in [-0.15, -0.1) is 11.3 Å². The van der Waals surface area contributed by atoms with Crippen LogP contribution in [0.15, 0.2) is 24.3 Å². The van der Waals surface area contributed by atoms with Crippen LogP contribution in [0.4, 0.5) is 5.00 Å². The number of nitrogens with one attached hydrogen (secondary N) is 2. The van der Waals surface area contributed by atoms with Gasteiger partial charge in [-0.05, 0) is 43.7 Å². The number of carbonyl (C=O) groups is 2. The van der Waals surface area contributed by atoms with Crippen LogP contribution >= 0.6 is 11.3 Å². The van der Waals surface area contributed by atoms with Crippen molar-refractivity contribution in [3.63, 3.8) is 0 Å². The van der Waals surface area contributed by atoms with E-state index in [9.17, 15) is 9.59 Å². The molecule has 148 valence electrons. The predicted molar refractivity (Wildman–Crippen MR) is 108 cm³/mol. The Morgan fingerprint density at radius 3 is 2.96 bits per heavy atom. The molecular weight excluding hydrogens is 376 g/mol. The lowest BCUT2D eigenvalue weighted by molar-refractivity contribution is 0.0437. The van der Waals surface area contributed by atoms with Crippen LogP contribution in [0.25, 0.3) is 0 Å². The molecule has 0 radical (unpaired) electrons. The van der Waals surface area contributed by atoms with Gasteiger partial charge in [0.15, 0.2) is 0 Å². The summed E-state index contributed by atoms with van der Waals surface area (Å²) in [6.45, 7) is 1.18. The summed E-state index contributed by atoms with van der Waals surface area (Å²) in [5.74, 6) is -0.407. The zero-order valence-electron chi connectivity index (χ0n) is 15.9. The number of thiophene rings is 1. The van der Waals surface area contributed by atoms with Crippen LogP contribution in [0, 0.1) is 0 Å². The zero-order valence-corrected chi connectivity index (χ0v) is 16.7. The number of esters is 1. The van der Waals surface area contributed by atoms with Gasteiger partial charge in [0.05, 0.1) is 11.1 Å². The van der Waals surface area contributed by atoms with E-state index in [2.05, 4.69) is 10.6 Å². The first-order valence-electron chi connectivity index (χ1n) is 9.67. The molecule has 1 unspecified atom stereocenters. The van der Waals surface area contributed by atoms with Crippen molar-refractivity contribution >= 4 is 28.2 Å². The fraction of sp³-hybridized carbons (Fsp3) is 0.429. The second kappa shape index (κ2) is 8.32. The third-order valence-corrected chi connectivity index (χ3v) is 6.38. The second-order valence-electron chi connectivity index (χ2n) is 7.03. The number of benzene rings is 1. The van der Waals surface area contributed by atoms with Crippen molar-refractivity contribution in [2.75, 3.05) is 25.6 Å². The highest BCUT2D eigenvalue weighted by atomic mass is 32.1. The Kier molecular flexibility index (Phi) is 5.64. The molecule has 1 amide bonds. The van der Waals surface area contributed by atoms with Crippen molar-refractivity contribution in [1.82, 2.24) is 5.32 Å². The van der Waals surface area contributed by atoms with Crippen molar-refractivity contribution in [1.29, 1.82) is 0 Å². The quantitative estimate of drug-likeness (QED) is 0.548. The lowest BCUT2D eigenvalue weighted by atomic mass is 9.95. The average molecular weight is 401 g/mol. The number of methoxy groups -OCH3 is 1. The first kappa shape index (κ1) is 19.0. The summed E-state index contributed by atoms with van der Waals surface area (Å²) in [5, 5.41) is 7.11. The topological polar surface area (TPSA) is 76.7 Å². The van der Waals surface area contributed by atoms with Gasteiger partial charge in [-0.2, -0.15) is 0 Å². The summed E-state index contributed by atoms with van der Waals surface area (Å²) < 4.78 is 10.6. The number of aryl methyl sites for hydroxylation is 1. The molecule has 1 aromatic heterocycles. The molecule has 0 saturated carbocycles. The highest BCUT2D eigenvalue weighted by molar-refractivity contribution is 7.16. The largest absolute Gasteiger partial charge is 0.434 e. The summed E-state index contributed by atoms with van der Waals surface area (Å²) in [6.07, 6.45) is 4.34. The van der Waals surface area contributed by atoms with Gasteiger partial charge in [0.25, 0.3) is 5.91 Å². The van der Waals surface area contributed by atoms with E-state index in [4.69, 9.17) is 9.47 Å². The van der Waals surface area contributed by atoms with Gasteiger partial charge in [-0.1, -0.05) is 18.2 Å². The molecular formula is C21H24N2O4S. The van der Waals surface area contributed by atoms with Crippen LogP contribution in [0.1, 0.15) is 62.2 Å². The summed E-state index contributed by atoms with van der Waals surface area (Å²) in [7, 11) is 1.65. The fourth-order valence-electron chi connectivity index (χ4n) is 3.79. The van der Waals surface area contributed by atoms with Gasteiger partial charge >= 0.3 is 5.97 Å². The van der Waals surface area contributed by atoms with Crippen LogP contribution in [0.2, 0.25) is 0 Å². The number of hydrogen-bond acceptors (Lipinski definition) is 6. The number of ether oxygens (including phenoxy) is 2. The van der Waals surface area contributed by atoms with Crippen LogP contribution < -0.4 is 10.6 Å². The standard InChI is InChI=1S/C21H24N2O4S/c1-26-12-6-11-22-18(24)17-15-9-4-5-10-16(15)28-20(17)23-19-13-7-2-3-8-14(13)21(25)27-19/h2-3,7-8,19,23H,4-6,9-12H2,1H3,(H,22,24). The van der Waals surface area contributed by atoms with Crippen LogP contribution in [-0.4, -0.2) is 32.1 Å². The molecule has 1 aliphatic heterocycles. The average Bonchev–Trinajstić information content (AvgIpc) is 3.23. The van der Waals surface area contributed by atoms with Crippen molar-refractivity contribution in [3.05, 3.63) is 51.4 Å². The van der Waals surface area contributed by atoms with Crippen molar-refractivity contribution in [3.8, 4) is 0 Å². The fourth-order valence-corrected chi connectivity index (χ4v) is 5.09. The SMILES string of the molecule is COCCCNC(=O)c1c(NC2OC(=O)c3ccccc32)sc2c1CCCC2. The van der Waals surface area contributed by atoms with E-state index in [-0.39, 0.29) is 11.9 Å². The molecule has 0 spiro atoms. The first-order chi connectivity index (χ1) is 13.7. The highest BCUT2D eigenvalue weighted by Gasteiger charge is 2.33. The van der Waals surface area contributed by atoms with Crippen molar-refractivity contribution in [2.24, 2.45) is 0 Å². The molecule has 0 fully saturated rings. The lowest BCUT2D eigenvalue weighted by Crippen LogP contribution is -2.27. The summed E-state index contributed by atoms with van der Waals surface area (Å²) in [4.78, 5) is 26.3. The van der Waals surface area contributed by atoms with E-state index < -0.39 is 6.23 Å². The van der Waals surface area contributed by atoms with E-state index >= 15 is 0 Å².